The number of methoxy groups -OCH3 is 1. The normalized spacial score (nSPS) is 10.3. The maximum Gasteiger partial charge on any atom is 0.224 e. The van der Waals surface area contributed by atoms with E-state index in [0.29, 0.717) is 6.42 Å². The molecule has 2 rings (SSSR count). The van der Waals surface area contributed by atoms with Gasteiger partial charge in [0, 0.05) is 16.6 Å². The molecule has 0 aromatic heterocycles. The fourth-order valence-corrected chi connectivity index (χ4v) is 2.70. The van der Waals surface area contributed by atoms with E-state index in [1.165, 1.54) is 5.56 Å². The quantitative estimate of drug-likeness (QED) is 0.807. The van der Waals surface area contributed by atoms with Gasteiger partial charge in [-0.1, -0.05) is 28.1 Å². The van der Waals surface area contributed by atoms with Gasteiger partial charge < -0.3 is 10.1 Å². The molecule has 1 N–H and O–H groups in total. The molecule has 0 atom stereocenters. The molecule has 0 saturated heterocycles. The highest BCUT2D eigenvalue weighted by Gasteiger charge is 2.05. The van der Waals surface area contributed by atoms with Gasteiger partial charge in [0.25, 0.3) is 0 Å². The predicted molar refractivity (Wildman–Crippen MR) is 93.4 cm³/mol. The smallest absolute Gasteiger partial charge is 0.224 e. The van der Waals surface area contributed by atoms with E-state index in [0.717, 1.165) is 34.3 Å². The van der Waals surface area contributed by atoms with Crippen molar-refractivity contribution in [3.63, 3.8) is 0 Å². The maximum absolute atomic E-state index is 12.0. The predicted octanol–water partition coefficient (Wildman–Crippen LogP) is 4.73. The van der Waals surface area contributed by atoms with Gasteiger partial charge in [0.05, 0.1) is 7.11 Å². The lowest BCUT2D eigenvalue weighted by Gasteiger charge is -2.09. The monoisotopic (exact) mass is 361 g/mol. The molecular weight excluding hydrogens is 342 g/mol. The third kappa shape index (κ3) is 4.88. The minimum Gasteiger partial charge on any atom is -0.497 e. The van der Waals surface area contributed by atoms with Gasteiger partial charge in [0.2, 0.25) is 5.91 Å². The van der Waals surface area contributed by atoms with Gasteiger partial charge >= 0.3 is 0 Å². The van der Waals surface area contributed by atoms with Crippen LogP contribution in [0.15, 0.2) is 46.9 Å². The van der Waals surface area contributed by atoms with Crippen LogP contribution in [0.1, 0.15) is 24.0 Å². The first kappa shape index (κ1) is 16.6. The Labute approximate surface area is 139 Å². The van der Waals surface area contributed by atoms with Crippen molar-refractivity contribution in [2.24, 2.45) is 0 Å². The molecule has 3 nitrogen and oxygen atoms in total. The fourth-order valence-electron chi connectivity index (χ4n) is 2.23. The minimum absolute atomic E-state index is 0.0546. The Morgan fingerprint density at radius 3 is 2.55 bits per heavy atom. The molecule has 22 heavy (non-hydrogen) atoms. The van der Waals surface area contributed by atoms with Crippen LogP contribution in [0.25, 0.3) is 0 Å². The summed E-state index contributed by atoms with van der Waals surface area (Å²) in [7, 11) is 1.66. The number of rotatable bonds is 6. The van der Waals surface area contributed by atoms with Crippen molar-refractivity contribution in [2.75, 3.05) is 12.4 Å². The average molecular weight is 362 g/mol. The Balaban J connectivity index is 1.79. The second-order valence-electron chi connectivity index (χ2n) is 5.21. The summed E-state index contributed by atoms with van der Waals surface area (Å²) in [5.41, 5.74) is 3.14. The van der Waals surface area contributed by atoms with E-state index in [9.17, 15) is 4.79 Å². The van der Waals surface area contributed by atoms with Crippen molar-refractivity contribution in [3.05, 3.63) is 58.1 Å². The molecule has 0 fully saturated rings. The van der Waals surface area contributed by atoms with E-state index in [4.69, 9.17) is 4.74 Å². The molecule has 1 amide bonds. The minimum atomic E-state index is 0.0546. The standard InChI is InChI=1S/C18H20BrNO2/c1-13-12-15(19)8-11-17(13)20-18(21)5-3-4-14-6-9-16(22-2)10-7-14/h6-12H,3-5H2,1-2H3,(H,20,21). The van der Waals surface area contributed by atoms with Crippen LogP contribution in [-0.4, -0.2) is 13.0 Å². The van der Waals surface area contributed by atoms with Crippen molar-refractivity contribution in [1.29, 1.82) is 0 Å². The average Bonchev–Trinajstić information content (AvgIpc) is 2.51. The second-order valence-corrected chi connectivity index (χ2v) is 6.12. The Hall–Kier alpha value is -1.81. The van der Waals surface area contributed by atoms with E-state index >= 15 is 0 Å². The summed E-state index contributed by atoms with van der Waals surface area (Å²) in [6.45, 7) is 1.98. The molecular formula is C18H20BrNO2. The third-order valence-electron chi connectivity index (χ3n) is 3.49. The summed E-state index contributed by atoms with van der Waals surface area (Å²) in [6, 6.07) is 13.8. The Bertz CT molecular complexity index is 638. The van der Waals surface area contributed by atoms with Crippen LogP contribution in [0.5, 0.6) is 5.75 Å². The highest BCUT2D eigenvalue weighted by Crippen LogP contribution is 2.20. The topological polar surface area (TPSA) is 38.3 Å². The lowest BCUT2D eigenvalue weighted by atomic mass is 10.1. The van der Waals surface area contributed by atoms with Crippen LogP contribution in [0.3, 0.4) is 0 Å². The number of halogens is 1. The highest BCUT2D eigenvalue weighted by atomic mass is 79.9. The van der Waals surface area contributed by atoms with Crippen LogP contribution >= 0.6 is 15.9 Å². The molecule has 0 aliphatic carbocycles. The van der Waals surface area contributed by atoms with Crippen LogP contribution in [0.2, 0.25) is 0 Å². The van der Waals surface area contributed by atoms with Crippen molar-refractivity contribution in [1.82, 2.24) is 0 Å². The third-order valence-corrected chi connectivity index (χ3v) is 3.98. The summed E-state index contributed by atoms with van der Waals surface area (Å²) in [6.07, 6.45) is 2.23. The number of ether oxygens (including phenoxy) is 1. The number of carbonyl (C=O) groups is 1. The van der Waals surface area contributed by atoms with Crippen LogP contribution < -0.4 is 10.1 Å². The summed E-state index contributed by atoms with van der Waals surface area (Å²) in [5.74, 6) is 0.908. The van der Waals surface area contributed by atoms with Crippen LogP contribution in [-0.2, 0) is 11.2 Å². The van der Waals surface area contributed by atoms with Crippen LogP contribution in [0, 0.1) is 6.92 Å². The molecule has 0 spiro atoms. The molecule has 2 aromatic rings. The zero-order valence-electron chi connectivity index (χ0n) is 12.9. The van der Waals surface area contributed by atoms with Gasteiger partial charge in [-0.25, -0.2) is 0 Å². The molecule has 0 bridgehead atoms. The van der Waals surface area contributed by atoms with Gasteiger partial charge in [0.1, 0.15) is 5.75 Å². The molecule has 0 aliphatic heterocycles. The summed E-state index contributed by atoms with van der Waals surface area (Å²) >= 11 is 3.42. The van der Waals surface area contributed by atoms with Crippen molar-refractivity contribution in [3.8, 4) is 5.75 Å². The number of amides is 1. The molecule has 0 aliphatic rings. The Morgan fingerprint density at radius 1 is 1.18 bits per heavy atom. The molecule has 0 saturated carbocycles. The second kappa shape index (κ2) is 7.99. The first-order valence-corrected chi connectivity index (χ1v) is 8.06. The summed E-state index contributed by atoms with van der Waals surface area (Å²) in [5, 5.41) is 2.96. The van der Waals surface area contributed by atoms with Gasteiger partial charge in [-0.3, -0.25) is 4.79 Å². The van der Waals surface area contributed by atoms with Crippen LogP contribution in [0.4, 0.5) is 5.69 Å². The molecule has 2 aromatic carbocycles. The van der Waals surface area contributed by atoms with Crippen molar-refractivity contribution in [2.45, 2.75) is 26.2 Å². The van der Waals surface area contributed by atoms with E-state index in [1.54, 1.807) is 7.11 Å². The van der Waals surface area contributed by atoms with Crippen molar-refractivity contribution < 1.29 is 9.53 Å². The summed E-state index contributed by atoms with van der Waals surface area (Å²) < 4.78 is 6.15. The number of hydrogen-bond acceptors (Lipinski definition) is 2. The first-order valence-electron chi connectivity index (χ1n) is 7.27. The maximum atomic E-state index is 12.0. The fraction of sp³-hybridized carbons (Fsp3) is 0.278. The zero-order chi connectivity index (χ0) is 15.9. The number of benzene rings is 2. The molecule has 0 radical (unpaired) electrons. The molecule has 4 heteroatoms. The lowest BCUT2D eigenvalue weighted by molar-refractivity contribution is -0.116. The van der Waals surface area contributed by atoms with Gasteiger partial charge in [-0.05, 0) is 61.2 Å². The molecule has 116 valence electrons. The van der Waals surface area contributed by atoms with E-state index in [2.05, 4.69) is 21.2 Å². The molecule has 0 unspecified atom stereocenters. The summed E-state index contributed by atoms with van der Waals surface area (Å²) in [4.78, 5) is 12.0. The van der Waals surface area contributed by atoms with E-state index < -0.39 is 0 Å². The van der Waals surface area contributed by atoms with Gasteiger partial charge in [0.15, 0.2) is 0 Å². The van der Waals surface area contributed by atoms with E-state index in [-0.39, 0.29) is 5.91 Å². The zero-order valence-corrected chi connectivity index (χ0v) is 14.4. The van der Waals surface area contributed by atoms with Crippen molar-refractivity contribution >= 4 is 27.5 Å². The Morgan fingerprint density at radius 2 is 1.91 bits per heavy atom. The number of nitrogens with one attached hydrogen (secondary N) is 1. The SMILES string of the molecule is COc1ccc(CCCC(=O)Nc2ccc(Br)cc2C)cc1. The van der Waals surface area contributed by atoms with Gasteiger partial charge in [-0.15, -0.1) is 0 Å². The molecule has 0 heterocycles. The highest BCUT2D eigenvalue weighted by molar-refractivity contribution is 9.10. The lowest BCUT2D eigenvalue weighted by Crippen LogP contribution is -2.12. The number of anilines is 1. The number of hydrogen-bond donors (Lipinski definition) is 1. The van der Waals surface area contributed by atoms with E-state index in [1.807, 2.05) is 49.4 Å². The largest absolute Gasteiger partial charge is 0.497 e. The number of carbonyl (C=O) groups excluding carboxylic acids is 1. The first-order chi connectivity index (χ1) is 10.6. The Kier molecular flexibility index (Phi) is 6.01. The van der Waals surface area contributed by atoms with Gasteiger partial charge in [-0.2, -0.15) is 0 Å². The number of aryl methyl sites for hydroxylation is 2.